The SMILES string of the molecule is CCOC(=O)C1=C(O)C(=Cc2ccc(OC)c(OCC)c2)SC1=Nc1ccccc1. The van der Waals surface area contributed by atoms with Crippen molar-refractivity contribution in [1.29, 1.82) is 0 Å². The van der Waals surface area contributed by atoms with Gasteiger partial charge in [0.1, 0.15) is 16.4 Å². The van der Waals surface area contributed by atoms with E-state index in [1.54, 1.807) is 26.2 Å². The molecule has 0 aromatic heterocycles. The van der Waals surface area contributed by atoms with Gasteiger partial charge in [0.05, 0.1) is 30.9 Å². The predicted octanol–water partition coefficient (Wildman–Crippen LogP) is 5.29. The van der Waals surface area contributed by atoms with E-state index in [0.29, 0.717) is 33.7 Å². The number of aliphatic imine (C=N–C) groups is 1. The summed E-state index contributed by atoms with van der Waals surface area (Å²) in [5, 5.41) is 11.2. The zero-order chi connectivity index (χ0) is 21.5. The summed E-state index contributed by atoms with van der Waals surface area (Å²) in [4.78, 5) is 17.5. The van der Waals surface area contributed by atoms with E-state index >= 15 is 0 Å². The lowest BCUT2D eigenvalue weighted by atomic mass is 10.1. The summed E-state index contributed by atoms with van der Waals surface area (Å²) in [7, 11) is 1.58. The minimum absolute atomic E-state index is 0.0653. The first-order valence-electron chi connectivity index (χ1n) is 9.52. The third kappa shape index (κ3) is 4.86. The van der Waals surface area contributed by atoms with Gasteiger partial charge in [0.15, 0.2) is 11.5 Å². The number of ether oxygens (including phenoxy) is 3. The van der Waals surface area contributed by atoms with E-state index in [0.717, 1.165) is 5.56 Å². The molecule has 7 heteroatoms. The fourth-order valence-electron chi connectivity index (χ4n) is 2.81. The Morgan fingerprint density at radius 2 is 1.87 bits per heavy atom. The molecule has 6 nitrogen and oxygen atoms in total. The smallest absolute Gasteiger partial charge is 0.344 e. The summed E-state index contributed by atoms with van der Waals surface area (Å²) in [5.41, 5.74) is 1.53. The van der Waals surface area contributed by atoms with E-state index in [1.165, 1.54) is 11.8 Å². The number of esters is 1. The zero-order valence-corrected chi connectivity index (χ0v) is 17.9. The van der Waals surface area contributed by atoms with Crippen molar-refractivity contribution in [2.45, 2.75) is 13.8 Å². The molecule has 1 N–H and O–H groups in total. The van der Waals surface area contributed by atoms with E-state index in [2.05, 4.69) is 4.99 Å². The molecular formula is C23H23NO5S. The summed E-state index contributed by atoms with van der Waals surface area (Å²) in [6.45, 7) is 4.31. The monoisotopic (exact) mass is 425 g/mol. The number of hydrogen-bond acceptors (Lipinski definition) is 7. The molecule has 2 aromatic carbocycles. The molecule has 0 atom stereocenters. The van der Waals surface area contributed by atoms with Crippen molar-refractivity contribution < 1.29 is 24.1 Å². The molecule has 0 saturated heterocycles. The number of thioether (sulfide) groups is 1. The maximum Gasteiger partial charge on any atom is 0.344 e. The van der Waals surface area contributed by atoms with Crippen LogP contribution in [0, 0.1) is 0 Å². The Hall–Kier alpha value is -3.19. The van der Waals surface area contributed by atoms with Gasteiger partial charge in [0.25, 0.3) is 0 Å². The molecule has 0 bridgehead atoms. The van der Waals surface area contributed by atoms with E-state index in [-0.39, 0.29) is 17.9 Å². The molecule has 0 saturated carbocycles. The number of para-hydroxylation sites is 1. The minimum Gasteiger partial charge on any atom is -0.506 e. The Labute approximate surface area is 179 Å². The Balaban J connectivity index is 2.02. The van der Waals surface area contributed by atoms with Crippen molar-refractivity contribution in [2.75, 3.05) is 20.3 Å². The fourth-order valence-corrected chi connectivity index (χ4v) is 3.85. The molecule has 0 spiro atoms. The molecule has 3 rings (SSSR count). The van der Waals surface area contributed by atoms with Crippen molar-refractivity contribution in [3.63, 3.8) is 0 Å². The van der Waals surface area contributed by atoms with E-state index in [9.17, 15) is 9.90 Å². The van der Waals surface area contributed by atoms with Crippen LogP contribution in [0.5, 0.6) is 11.5 Å². The maximum atomic E-state index is 12.5. The number of carbonyl (C=O) groups excluding carboxylic acids is 1. The average Bonchev–Trinajstić information content (AvgIpc) is 3.04. The van der Waals surface area contributed by atoms with Gasteiger partial charge in [-0.1, -0.05) is 36.0 Å². The van der Waals surface area contributed by atoms with Gasteiger partial charge >= 0.3 is 5.97 Å². The van der Waals surface area contributed by atoms with Gasteiger partial charge in [0.2, 0.25) is 0 Å². The summed E-state index contributed by atoms with van der Waals surface area (Å²) >= 11 is 1.21. The summed E-state index contributed by atoms with van der Waals surface area (Å²) < 4.78 is 16.1. The number of carbonyl (C=O) groups is 1. The van der Waals surface area contributed by atoms with Crippen molar-refractivity contribution in [1.82, 2.24) is 0 Å². The third-order valence-corrected chi connectivity index (χ3v) is 5.16. The highest BCUT2D eigenvalue weighted by atomic mass is 32.2. The van der Waals surface area contributed by atoms with Crippen LogP contribution < -0.4 is 9.47 Å². The lowest BCUT2D eigenvalue weighted by molar-refractivity contribution is -0.138. The first-order valence-corrected chi connectivity index (χ1v) is 10.3. The molecule has 0 fully saturated rings. The van der Waals surface area contributed by atoms with Crippen LogP contribution in [-0.2, 0) is 9.53 Å². The van der Waals surface area contributed by atoms with E-state index in [1.807, 2.05) is 49.4 Å². The molecule has 0 unspecified atom stereocenters. The first-order chi connectivity index (χ1) is 14.6. The Bertz CT molecular complexity index is 1010. The molecule has 0 aliphatic carbocycles. The summed E-state index contributed by atoms with van der Waals surface area (Å²) in [6, 6.07) is 14.7. The number of methoxy groups -OCH3 is 1. The number of rotatable bonds is 7. The van der Waals surface area contributed by atoms with Crippen molar-refractivity contribution in [2.24, 2.45) is 4.99 Å². The van der Waals surface area contributed by atoms with Crippen LogP contribution in [0.1, 0.15) is 19.4 Å². The van der Waals surface area contributed by atoms with Crippen molar-refractivity contribution in [3.8, 4) is 11.5 Å². The summed E-state index contributed by atoms with van der Waals surface area (Å²) in [5.74, 6) is 0.466. The zero-order valence-electron chi connectivity index (χ0n) is 17.0. The van der Waals surface area contributed by atoms with E-state index < -0.39 is 5.97 Å². The minimum atomic E-state index is -0.606. The molecule has 30 heavy (non-hydrogen) atoms. The Morgan fingerprint density at radius 3 is 2.53 bits per heavy atom. The Kier molecular flexibility index (Phi) is 7.19. The number of benzene rings is 2. The first kappa shape index (κ1) is 21.5. The Morgan fingerprint density at radius 1 is 1.10 bits per heavy atom. The van der Waals surface area contributed by atoms with Gasteiger partial charge in [-0.3, -0.25) is 0 Å². The highest BCUT2D eigenvalue weighted by Crippen LogP contribution is 2.41. The van der Waals surface area contributed by atoms with Gasteiger partial charge in [-0.2, -0.15) is 0 Å². The molecule has 1 aliphatic heterocycles. The second-order valence-corrected chi connectivity index (χ2v) is 7.18. The van der Waals surface area contributed by atoms with Gasteiger partial charge in [-0.05, 0) is 49.8 Å². The summed E-state index contributed by atoms with van der Waals surface area (Å²) in [6.07, 6.45) is 1.77. The molecule has 2 aromatic rings. The fraction of sp³-hybridized carbons (Fsp3) is 0.217. The number of nitrogens with zero attached hydrogens (tertiary/aromatic N) is 1. The van der Waals surface area contributed by atoms with Gasteiger partial charge in [-0.15, -0.1) is 0 Å². The highest BCUT2D eigenvalue weighted by Gasteiger charge is 2.33. The van der Waals surface area contributed by atoms with Crippen LogP contribution in [0.3, 0.4) is 0 Å². The predicted molar refractivity (Wildman–Crippen MR) is 120 cm³/mol. The maximum absolute atomic E-state index is 12.5. The standard InChI is InChI=1S/C23H23NO5S/c1-4-28-18-13-15(11-12-17(18)27-3)14-19-21(25)20(23(26)29-5-2)22(30-19)24-16-9-7-6-8-10-16/h6-14,25H,4-5H2,1-3H3. The topological polar surface area (TPSA) is 77.4 Å². The van der Waals surface area contributed by atoms with Crippen LogP contribution in [-0.4, -0.2) is 36.4 Å². The normalized spacial score (nSPS) is 16.2. The van der Waals surface area contributed by atoms with Crippen LogP contribution in [0.15, 0.2) is 69.8 Å². The quantitative estimate of drug-likeness (QED) is 0.608. The second-order valence-electron chi connectivity index (χ2n) is 6.15. The van der Waals surface area contributed by atoms with Crippen LogP contribution in [0.4, 0.5) is 5.69 Å². The molecule has 0 radical (unpaired) electrons. The largest absolute Gasteiger partial charge is 0.506 e. The van der Waals surface area contributed by atoms with Crippen molar-refractivity contribution >= 4 is 34.5 Å². The van der Waals surface area contributed by atoms with Gasteiger partial charge < -0.3 is 19.3 Å². The average molecular weight is 426 g/mol. The van der Waals surface area contributed by atoms with Crippen molar-refractivity contribution in [3.05, 3.63) is 70.3 Å². The number of aliphatic hydroxyl groups excluding tert-OH is 1. The second kappa shape index (κ2) is 10.0. The number of hydrogen-bond donors (Lipinski definition) is 1. The van der Waals surface area contributed by atoms with Gasteiger partial charge in [-0.25, -0.2) is 9.79 Å². The molecule has 1 aliphatic rings. The molecule has 1 heterocycles. The van der Waals surface area contributed by atoms with Crippen LogP contribution >= 0.6 is 11.8 Å². The molecular weight excluding hydrogens is 402 g/mol. The van der Waals surface area contributed by atoms with Crippen LogP contribution in [0.25, 0.3) is 6.08 Å². The highest BCUT2D eigenvalue weighted by molar-refractivity contribution is 8.18. The third-order valence-electron chi connectivity index (χ3n) is 4.14. The van der Waals surface area contributed by atoms with Gasteiger partial charge in [0, 0.05) is 0 Å². The number of aliphatic hydroxyl groups is 1. The molecule has 156 valence electrons. The van der Waals surface area contributed by atoms with E-state index in [4.69, 9.17) is 14.2 Å². The molecule has 0 amide bonds. The van der Waals surface area contributed by atoms with Crippen LogP contribution in [0.2, 0.25) is 0 Å². The lowest BCUT2D eigenvalue weighted by Gasteiger charge is -2.10. The lowest BCUT2D eigenvalue weighted by Crippen LogP contribution is -2.12.